The standard InChI is InChI=1S/C15H20ClN5/c1-3-7-18-15-19-11-13(16)14(20-15)21(2)10-6-12-4-8-17-9-5-12/h4-5,8-9,11H,3,6-7,10H2,1-2H3,(H,18,19,20). The van der Waals surface area contributed by atoms with Gasteiger partial charge in [0.1, 0.15) is 5.02 Å². The highest BCUT2D eigenvalue weighted by Gasteiger charge is 2.10. The molecule has 6 heteroatoms. The first-order chi connectivity index (χ1) is 10.2. The van der Waals surface area contributed by atoms with Crippen molar-refractivity contribution in [2.75, 3.05) is 30.4 Å². The fourth-order valence-corrected chi connectivity index (χ4v) is 2.14. The van der Waals surface area contributed by atoms with Gasteiger partial charge in [-0.3, -0.25) is 4.98 Å². The fraction of sp³-hybridized carbons (Fsp3) is 0.400. The van der Waals surface area contributed by atoms with E-state index in [9.17, 15) is 0 Å². The summed E-state index contributed by atoms with van der Waals surface area (Å²) in [6.45, 7) is 3.78. The lowest BCUT2D eigenvalue weighted by Gasteiger charge is -2.19. The molecule has 2 rings (SSSR count). The molecule has 21 heavy (non-hydrogen) atoms. The summed E-state index contributed by atoms with van der Waals surface area (Å²) in [5.74, 6) is 1.37. The van der Waals surface area contributed by atoms with Crippen molar-refractivity contribution in [3.8, 4) is 0 Å². The minimum atomic E-state index is 0.564. The van der Waals surface area contributed by atoms with Gasteiger partial charge in [-0.2, -0.15) is 4.98 Å². The molecule has 0 bridgehead atoms. The van der Waals surface area contributed by atoms with E-state index < -0.39 is 0 Å². The lowest BCUT2D eigenvalue weighted by Crippen LogP contribution is -2.22. The molecule has 0 unspecified atom stereocenters. The van der Waals surface area contributed by atoms with Gasteiger partial charge in [-0.1, -0.05) is 18.5 Å². The number of nitrogens with zero attached hydrogens (tertiary/aromatic N) is 4. The molecule has 0 aliphatic heterocycles. The quantitative estimate of drug-likeness (QED) is 0.852. The molecule has 2 heterocycles. The van der Waals surface area contributed by atoms with Gasteiger partial charge in [0.2, 0.25) is 5.95 Å². The number of aromatic nitrogens is 3. The maximum Gasteiger partial charge on any atom is 0.224 e. The largest absolute Gasteiger partial charge is 0.358 e. The van der Waals surface area contributed by atoms with Crippen molar-refractivity contribution in [3.63, 3.8) is 0 Å². The van der Waals surface area contributed by atoms with Gasteiger partial charge < -0.3 is 10.2 Å². The number of nitrogens with one attached hydrogen (secondary N) is 1. The van der Waals surface area contributed by atoms with E-state index in [0.717, 1.165) is 31.7 Å². The predicted molar refractivity (Wildman–Crippen MR) is 87.0 cm³/mol. The van der Waals surface area contributed by atoms with E-state index in [1.54, 1.807) is 18.6 Å². The van der Waals surface area contributed by atoms with Crippen LogP contribution in [0.5, 0.6) is 0 Å². The highest BCUT2D eigenvalue weighted by Crippen LogP contribution is 2.22. The Morgan fingerprint density at radius 2 is 2.05 bits per heavy atom. The maximum absolute atomic E-state index is 6.20. The number of rotatable bonds is 7. The molecule has 2 aromatic rings. The first-order valence-electron chi connectivity index (χ1n) is 7.07. The van der Waals surface area contributed by atoms with Crippen LogP contribution in [0.15, 0.2) is 30.7 Å². The fourth-order valence-electron chi connectivity index (χ4n) is 1.90. The second kappa shape index (κ2) is 7.78. The van der Waals surface area contributed by atoms with E-state index >= 15 is 0 Å². The van der Waals surface area contributed by atoms with Crippen LogP contribution in [0.2, 0.25) is 5.02 Å². The van der Waals surface area contributed by atoms with Gasteiger partial charge in [-0.05, 0) is 30.5 Å². The van der Waals surface area contributed by atoms with E-state index in [1.807, 2.05) is 24.1 Å². The van der Waals surface area contributed by atoms with Crippen LogP contribution in [-0.2, 0) is 6.42 Å². The molecule has 0 saturated carbocycles. The monoisotopic (exact) mass is 305 g/mol. The Balaban J connectivity index is 2.02. The topological polar surface area (TPSA) is 53.9 Å². The van der Waals surface area contributed by atoms with Crippen molar-refractivity contribution in [1.29, 1.82) is 0 Å². The highest BCUT2D eigenvalue weighted by molar-refractivity contribution is 6.32. The van der Waals surface area contributed by atoms with Gasteiger partial charge in [-0.15, -0.1) is 0 Å². The lowest BCUT2D eigenvalue weighted by molar-refractivity contribution is 0.852. The summed E-state index contributed by atoms with van der Waals surface area (Å²) in [6, 6.07) is 4.04. The maximum atomic E-state index is 6.20. The number of likely N-dealkylation sites (N-methyl/N-ethyl adjacent to an activating group) is 1. The third kappa shape index (κ3) is 4.56. The average molecular weight is 306 g/mol. The van der Waals surface area contributed by atoms with Crippen LogP contribution in [0, 0.1) is 0 Å². The molecule has 0 radical (unpaired) electrons. The SMILES string of the molecule is CCCNc1ncc(Cl)c(N(C)CCc2ccncc2)n1. The number of hydrogen-bond acceptors (Lipinski definition) is 5. The van der Waals surface area contributed by atoms with Crippen LogP contribution in [0.4, 0.5) is 11.8 Å². The van der Waals surface area contributed by atoms with Gasteiger partial charge in [0.05, 0.1) is 6.20 Å². The molecule has 0 saturated heterocycles. The lowest BCUT2D eigenvalue weighted by atomic mass is 10.2. The van der Waals surface area contributed by atoms with Crippen LogP contribution in [0.25, 0.3) is 0 Å². The molecule has 0 spiro atoms. The molecule has 5 nitrogen and oxygen atoms in total. The summed E-state index contributed by atoms with van der Waals surface area (Å²) in [6.07, 6.45) is 7.20. The molecule has 1 N–H and O–H groups in total. The molecule has 0 aliphatic rings. The minimum absolute atomic E-state index is 0.564. The molecule has 0 amide bonds. The van der Waals surface area contributed by atoms with Crippen LogP contribution in [0.1, 0.15) is 18.9 Å². The normalized spacial score (nSPS) is 10.4. The Morgan fingerprint density at radius 3 is 2.76 bits per heavy atom. The molecule has 112 valence electrons. The predicted octanol–water partition coefficient (Wildman–Crippen LogP) is 3.03. The van der Waals surface area contributed by atoms with Crippen molar-refractivity contribution in [1.82, 2.24) is 15.0 Å². The van der Waals surface area contributed by atoms with Crippen LogP contribution < -0.4 is 10.2 Å². The first kappa shape index (κ1) is 15.5. The van der Waals surface area contributed by atoms with E-state index in [0.29, 0.717) is 11.0 Å². The van der Waals surface area contributed by atoms with E-state index in [4.69, 9.17) is 11.6 Å². The van der Waals surface area contributed by atoms with Gasteiger partial charge in [0, 0.05) is 32.5 Å². The Kier molecular flexibility index (Phi) is 5.75. The minimum Gasteiger partial charge on any atom is -0.358 e. The van der Waals surface area contributed by atoms with Crippen molar-refractivity contribution in [2.24, 2.45) is 0 Å². The van der Waals surface area contributed by atoms with E-state index in [-0.39, 0.29) is 0 Å². The molecule has 2 aromatic heterocycles. The summed E-state index contributed by atoms with van der Waals surface area (Å²) in [4.78, 5) is 14.7. The summed E-state index contributed by atoms with van der Waals surface area (Å²) < 4.78 is 0. The Bertz CT molecular complexity index is 561. The average Bonchev–Trinajstić information content (AvgIpc) is 2.53. The van der Waals surface area contributed by atoms with Gasteiger partial charge in [-0.25, -0.2) is 4.98 Å². The zero-order valence-corrected chi connectivity index (χ0v) is 13.1. The number of pyridine rings is 1. The molecule has 0 aliphatic carbocycles. The number of halogens is 1. The van der Waals surface area contributed by atoms with Gasteiger partial charge in [0.15, 0.2) is 5.82 Å². The summed E-state index contributed by atoms with van der Waals surface area (Å²) in [5.41, 5.74) is 1.24. The Morgan fingerprint density at radius 1 is 1.29 bits per heavy atom. The molecular formula is C15H20ClN5. The third-order valence-corrected chi connectivity index (χ3v) is 3.37. The van der Waals surface area contributed by atoms with Crippen LogP contribution >= 0.6 is 11.6 Å². The van der Waals surface area contributed by atoms with Gasteiger partial charge >= 0.3 is 0 Å². The van der Waals surface area contributed by atoms with Crippen molar-refractivity contribution >= 4 is 23.4 Å². The Labute approximate surface area is 130 Å². The summed E-state index contributed by atoms with van der Waals surface area (Å²) in [5, 5.41) is 3.74. The summed E-state index contributed by atoms with van der Waals surface area (Å²) >= 11 is 6.20. The summed E-state index contributed by atoms with van der Waals surface area (Å²) in [7, 11) is 1.99. The second-order valence-electron chi connectivity index (χ2n) is 4.82. The smallest absolute Gasteiger partial charge is 0.224 e. The number of hydrogen-bond donors (Lipinski definition) is 1. The van der Waals surface area contributed by atoms with E-state index in [2.05, 4.69) is 27.2 Å². The first-order valence-corrected chi connectivity index (χ1v) is 7.45. The zero-order valence-electron chi connectivity index (χ0n) is 12.4. The van der Waals surface area contributed by atoms with Crippen LogP contribution in [-0.4, -0.2) is 35.1 Å². The Hall–Kier alpha value is -1.88. The number of anilines is 2. The van der Waals surface area contributed by atoms with Gasteiger partial charge in [0.25, 0.3) is 0 Å². The second-order valence-corrected chi connectivity index (χ2v) is 5.23. The van der Waals surface area contributed by atoms with E-state index in [1.165, 1.54) is 5.56 Å². The molecule has 0 aromatic carbocycles. The van der Waals surface area contributed by atoms with Crippen LogP contribution in [0.3, 0.4) is 0 Å². The van der Waals surface area contributed by atoms with Crippen molar-refractivity contribution < 1.29 is 0 Å². The molecule has 0 fully saturated rings. The molecule has 0 atom stereocenters. The molecular weight excluding hydrogens is 286 g/mol. The third-order valence-electron chi connectivity index (χ3n) is 3.11. The zero-order chi connectivity index (χ0) is 15.1. The highest BCUT2D eigenvalue weighted by atomic mass is 35.5. The van der Waals surface area contributed by atoms with Crippen molar-refractivity contribution in [3.05, 3.63) is 41.3 Å². The van der Waals surface area contributed by atoms with Crippen molar-refractivity contribution in [2.45, 2.75) is 19.8 Å².